The Morgan fingerprint density at radius 3 is 2.56 bits per heavy atom. The fourth-order valence-electron chi connectivity index (χ4n) is 0.368. The van der Waals surface area contributed by atoms with Gasteiger partial charge in [0.1, 0.15) is 5.94 Å². The molecule has 2 nitrogen and oxygen atoms in total. The minimum atomic E-state index is -0.195. The Bertz CT molecular complexity index is 85.0. The third-order valence-corrected chi connectivity index (χ3v) is 1.21. The van der Waals surface area contributed by atoms with Crippen molar-refractivity contribution in [3.8, 4) is 0 Å². The van der Waals surface area contributed by atoms with Gasteiger partial charge in [0.05, 0.1) is 0 Å². The van der Waals surface area contributed by atoms with Gasteiger partial charge in [-0.2, -0.15) is 12.6 Å². The molecule has 0 atom stereocenters. The molecule has 0 heterocycles. The molecule has 0 unspecified atom stereocenters. The van der Waals surface area contributed by atoms with Crippen LogP contribution < -0.4 is 0 Å². The maximum Gasteiger partial charge on any atom is 0.306 e. The Morgan fingerprint density at radius 2 is 2.11 bits per heavy atom. The minimum Gasteiger partial charge on any atom is -0.455 e. The summed E-state index contributed by atoms with van der Waals surface area (Å²) in [7, 11) is 0. The first-order valence-corrected chi connectivity index (χ1v) is 3.95. The molecule has 0 N–H and O–H groups in total. The van der Waals surface area contributed by atoms with Crippen LogP contribution in [-0.2, 0) is 9.53 Å². The van der Waals surface area contributed by atoms with Crippen LogP contribution >= 0.6 is 25.3 Å². The predicted octanol–water partition coefficient (Wildman–Crippen LogP) is 1.13. The van der Waals surface area contributed by atoms with Crippen molar-refractivity contribution in [3.63, 3.8) is 0 Å². The van der Waals surface area contributed by atoms with Crippen molar-refractivity contribution in [1.82, 2.24) is 0 Å². The van der Waals surface area contributed by atoms with Gasteiger partial charge in [-0.3, -0.25) is 4.79 Å². The van der Waals surface area contributed by atoms with E-state index in [1.807, 2.05) is 0 Å². The average Bonchev–Trinajstić information content (AvgIpc) is 1.85. The van der Waals surface area contributed by atoms with Gasteiger partial charge in [0, 0.05) is 6.42 Å². The van der Waals surface area contributed by atoms with Crippen LogP contribution in [-0.4, -0.2) is 17.7 Å². The molecule has 54 valence electrons. The molecule has 0 amide bonds. The van der Waals surface area contributed by atoms with Gasteiger partial charge in [0.2, 0.25) is 0 Å². The molecule has 9 heavy (non-hydrogen) atoms. The molecule has 0 aliphatic rings. The van der Waals surface area contributed by atoms with E-state index in [1.165, 1.54) is 0 Å². The zero-order valence-electron chi connectivity index (χ0n) is 5.04. The molecule has 0 aromatic carbocycles. The van der Waals surface area contributed by atoms with Gasteiger partial charge in [-0.05, 0) is 12.2 Å². The Kier molecular flexibility index (Phi) is 6.41. The van der Waals surface area contributed by atoms with Crippen LogP contribution in [0.4, 0.5) is 0 Å². The smallest absolute Gasteiger partial charge is 0.306 e. The third kappa shape index (κ3) is 6.05. The fourth-order valence-corrected chi connectivity index (χ4v) is 0.670. The van der Waals surface area contributed by atoms with E-state index in [1.54, 1.807) is 0 Å². The molecule has 0 aromatic rings. The summed E-state index contributed by atoms with van der Waals surface area (Å²) in [5.41, 5.74) is 0. The summed E-state index contributed by atoms with van der Waals surface area (Å²) in [4.78, 5) is 10.5. The van der Waals surface area contributed by atoms with Gasteiger partial charge in [-0.15, -0.1) is 12.6 Å². The highest BCUT2D eigenvalue weighted by molar-refractivity contribution is 7.80. The van der Waals surface area contributed by atoms with Crippen molar-refractivity contribution in [2.24, 2.45) is 0 Å². The lowest BCUT2D eigenvalue weighted by Gasteiger charge is -1.97. The second-order valence-corrected chi connectivity index (χ2v) is 2.18. The van der Waals surface area contributed by atoms with Gasteiger partial charge < -0.3 is 4.74 Å². The molecule has 0 saturated carbocycles. The number of esters is 1. The van der Waals surface area contributed by atoms with Crippen molar-refractivity contribution in [2.75, 3.05) is 11.7 Å². The first kappa shape index (κ1) is 9.17. The third-order valence-electron chi connectivity index (χ3n) is 0.765. The lowest BCUT2D eigenvalue weighted by molar-refractivity contribution is -0.141. The van der Waals surface area contributed by atoms with Crippen LogP contribution in [0.2, 0.25) is 0 Å². The van der Waals surface area contributed by atoms with E-state index in [2.05, 4.69) is 30.0 Å². The summed E-state index contributed by atoms with van der Waals surface area (Å²) in [6.07, 6.45) is 1.22. The van der Waals surface area contributed by atoms with E-state index in [9.17, 15) is 4.79 Å². The summed E-state index contributed by atoms with van der Waals surface area (Å²) >= 11 is 7.66. The topological polar surface area (TPSA) is 26.3 Å². The van der Waals surface area contributed by atoms with Crippen LogP contribution in [0.15, 0.2) is 0 Å². The first-order valence-electron chi connectivity index (χ1n) is 2.68. The molecular formula is C5H10O2S2. The highest BCUT2D eigenvalue weighted by Gasteiger charge is 1.97. The van der Waals surface area contributed by atoms with Crippen LogP contribution in [0.5, 0.6) is 0 Å². The Labute approximate surface area is 65.8 Å². The molecule has 0 rings (SSSR count). The Balaban J connectivity index is 3.06. The Hall–Kier alpha value is 0.170. The second kappa shape index (κ2) is 6.29. The predicted molar refractivity (Wildman–Crippen MR) is 43.0 cm³/mol. The van der Waals surface area contributed by atoms with Gasteiger partial charge >= 0.3 is 5.97 Å². The van der Waals surface area contributed by atoms with Gasteiger partial charge in [-0.25, -0.2) is 0 Å². The average molecular weight is 166 g/mol. The maximum absolute atomic E-state index is 10.5. The van der Waals surface area contributed by atoms with Crippen LogP contribution in [0, 0.1) is 0 Å². The van der Waals surface area contributed by atoms with E-state index >= 15 is 0 Å². The van der Waals surface area contributed by atoms with E-state index in [4.69, 9.17) is 0 Å². The van der Waals surface area contributed by atoms with Crippen molar-refractivity contribution >= 4 is 31.2 Å². The fraction of sp³-hybridized carbons (Fsp3) is 0.800. The number of hydrogen-bond donors (Lipinski definition) is 2. The SMILES string of the molecule is O=C(CCCS)OCS. The standard InChI is InChI=1S/C5H10O2S2/c6-5(7-4-9)2-1-3-8/h8-9H,1-4H2. The molecule has 4 heteroatoms. The second-order valence-electron chi connectivity index (χ2n) is 1.47. The normalized spacial score (nSPS) is 9.11. The summed E-state index contributed by atoms with van der Waals surface area (Å²) < 4.78 is 4.54. The maximum atomic E-state index is 10.5. The molecule has 0 fully saturated rings. The van der Waals surface area contributed by atoms with E-state index < -0.39 is 0 Å². The van der Waals surface area contributed by atoms with Crippen molar-refractivity contribution in [2.45, 2.75) is 12.8 Å². The van der Waals surface area contributed by atoms with E-state index in [-0.39, 0.29) is 11.9 Å². The highest BCUT2D eigenvalue weighted by Crippen LogP contribution is 1.94. The molecule has 0 spiro atoms. The molecule has 0 saturated heterocycles. The summed E-state index contributed by atoms with van der Waals surface area (Å²) in [6.45, 7) is 0. The molecule has 0 radical (unpaired) electrons. The van der Waals surface area contributed by atoms with Gasteiger partial charge in [0.15, 0.2) is 0 Å². The lowest BCUT2D eigenvalue weighted by atomic mass is 10.3. The first-order chi connectivity index (χ1) is 4.31. The lowest BCUT2D eigenvalue weighted by Crippen LogP contribution is -2.02. The number of ether oxygens (including phenoxy) is 1. The highest BCUT2D eigenvalue weighted by atomic mass is 32.1. The van der Waals surface area contributed by atoms with E-state index in [0.717, 1.165) is 12.2 Å². The number of hydrogen-bond acceptors (Lipinski definition) is 4. The zero-order chi connectivity index (χ0) is 7.11. The molecule has 0 aromatic heterocycles. The molecule has 0 bridgehead atoms. The number of thiol groups is 2. The quantitative estimate of drug-likeness (QED) is 0.372. The largest absolute Gasteiger partial charge is 0.455 e. The van der Waals surface area contributed by atoms with Crippen LogP contribution in [0.25, 0.3) is 0 Å². The van der Waals surface area contributed by atoms with Crippen molar-refractivity contribution < 1.29 is 9.53 Å². The summed E-state index contributed by atoms with van der Waals surface area (Å²) in [5.74, 6) is 0.701. The minimum absolute atomic E-state index is 0.172. The molecular weight excluding hydrogens is 156 g/mol. The molecule has 0 aliphatic carbocycles. The monoisotopic (exact) mass is 166 g/mol. The van der Waals surface area contributed by atoms with Gasteiger partial charge in [0.25, 0.3) is 0 Å². The number of carbonyl (C=O) groups is 1. The van der Waals surface area contributed by atoms with Crippen LogP contribution in [0.3, 0.4) is 0 Å². The number of rotatable bonds is 4. The number of carbonyl (C=O) groups excluding carboxylic acids is 1. The molecule has 0 aliphatic heterocycles. The summed E-state index contributed by atoms with van der Waals surface area (Å²) in [6, 6.07) is 0. The van der Waals surface area contributed by atoms with Gasteiger partial charge in [-0.1, -0.05) is 0 Å². The van der Waals surface area contributed by atoms with Crippen molar-refractivity contribution in [1.29, 1.82) is 0 Å². The van der Waals surface area contributed by atoms with Crippen LogP contribution in [0.1, 0.15) is 12.8 Å². The van der Waals surface area contributed by atoms with Crippen molar-refractivity contribution in [3.05, 3.63) is 0 Å². The zero-order valence-corrected chi connectivity index (χ0v) is 6.83. The summed E-state index contributed by atoms with van der Waals surface area (Å²) in [5, 5.41) is 0. The Morgan fingerprint density at radius 1 is 1.44 bits per heavy atom. The van der Waals surface area contributed by atoms with E-state index in [0.29, 0.717) is 6.42 Å².